The zero-order chi connectivity index (χ0) is 5.21. The summed E-state index contributed by atoms with van der Waals surface area (Å²) in [6.07, 6.45) is 0. The Bertz CT molecular complexity index is 110. The summed E-state index contributed by atoms with van der Waals surface area (Å²) in [4.78, 5) is 0. The molecule has 48 valence electrons. The van der Waals surface area contributed by atoms with Crippen LogP contribution in [0.5, 0.6) is 0 Å². The van der Waals surface area contributed by atoms with Crippen molar-refractivity contribution >= 4 is 10.4 Å². The fraction of sp³-hybridized carbons (Fsp3) is 0. The van der Waals surface area contributed by atoms with E-state index in [9.17, 15) is 0 Å². The molecule has 0 unspecified atom stereocenters. The van der Waals surface area contributed by atoms with Gasteiger partial charge in [-0.1, -0.05) is 0 Å². The maximum absolute atomic E-state index is 8.97. The summed E-state index contributed by atoms with van der Waals surface area (Å²) >= 11 is 0. The molecule has 0 bridgehead atoms. The van der Waals surface area contributed by atoms with Gasteiger partial charge in [0.05, 0.1) is 0 Å². The summed E-state index contributed by atoms with van der Waals surface area (Å²) in [5, 5.41) is 7.00. The van der Waals surface area contributed by atoms with Gasteiger partial charge >= 0.3 is 17.1 Å². The van der Waals surface area contributed by atoms with Gasteiger partial charge in [0.2, 0.25) is 10.4 Å². The van der Waals surface area contributed by atoms with Crippen LogP contribution in [0, 0.1) is 0 Å². The summed E-state index contributed by atoms with van der Waals surface area (Å²) in [7, 11) is -4.86. The zero-order valence-electron chi connectivity index (χ0n) is 2.79. The van der Waals surface area contributed by atoms with Crippen LogP contribution < -0.4 is 0 Å². The van der Waals surface area contributed by atoms with Crippen LogP contribution >= 0.6 is 0 Å². The molecule has 0 aliphatic rings. The molecule has 0 aliphatic carbocycles. The van der Waals surface area contributed by atoms with Gasteiger partial charge in [0.1, 0.15) is 0 Å². The first-order chi connectivity index (χ1) is 2.56. The first kappa shape index (κ1) is 10.4. The fourth-order valence-corrected chi connectivity index (χ4v) is 0. The summed E-state index contributed by atoms with van der Waals surface area (Å²) in [6, 6.07) is 0. The Kier molecular flexibility index (Phi) is 4.98. The zero-order valence-corrected chi connectivity index (χ0v) is 4.55. The molecule has 7 heteroatoms. The van der Waals surface area contributed by atoms with Gasteiger partial charge in [0.15, 0.2) is 0 Å². The molecule has 0 saturated heterocycles. The van der Waals surface area contributed by atoms with Crippen LogP contribution in [0.15, 0.2) is 0 Å². The Labute approximate surface area is 50.6 Å². The number of rotatable bonds is 1. The second-order valence-electron chi connectivity index (χ2n) is 0.483. The molecule has 5 nitrogen and oxygen atoms in total. The van der Waals surface area contributed by atoms with Gasteiger partial charge in [-0.15, -0.1) is 4.33 Å². The molecule has 1 N–H and O–H groups in total. The number of hydrogen-bond acceptors (Lipinski definition) is 5. The summed E-state index contributed by atoms with van der Waals surface area (Å²) in [5.41, 5.74) is 0. The molecule has 0 fully saturated rings. The minimum absolute atomic E-state index is 0. The minimum Gasteiger partial charge on any atom is -0.724 e. The van der Waals surface area contributed by atoms with Crippen molar-refractivity contribution in [3.63, 3.8) is 0 Å². The van der Waals surface area contributed by atoms with E-state index in [4.69, 9.17) is 18.2 Å². The van der Waals surface area contributed by atoms with Gasteiger partial charge in [0, 0.05) is 0 Å². The molecule has 0 radical (unpaired) electrons. The van der Waals surface area contributed by atoms with Gasteiger partial charge in [-0.05, 0) is 0 Å². The van der Waals surface area contributed by atoms with Crippen LogP contribution in [-0.2, 0) is 31.8 Å². The van der Waals surface area contributed by atoms with Gasteiger partial charge in [-0.3, -0.25) is 0 Å². The molecule has 0 rings (SSSR count). The first-order valence-corrected chi connectivity index (χ1v) is 2.18. The Morgan fingerprint density at radius 1 is 1.57 bits per heavy atom. The molecule has 0 aliphatic heterocycles. The number of hydrogen-bond donors (Lipinski definition) is 1. The Morgan fingerprint density at radius 2 is 1.71 bits per heavy atom. The molecular formula is HCuO5S. The topological polar surface area (TPSA) is 86.7 Å². The van der Waals surface area contributed by atoms with Gasteiger partial charge < -0.3 is 4.55 Å². The van der Waals surface area contributed by atoms with E-state index in [-0.39, 0.29) is 17.1 Å². The molecule has 0 aromatic carbocycles. The Morgan fingerprint density at radius 3 is 1.71 bits per heavy atom. The molecule has 0 saturated carbocycles. The Balaban J connectivity index is 0. The molecule has 0 aromatic heterocycles. The average molecular weight is 177 g/mol. The second kappa shape index (κ2) is 3.36. The first-order valence-electron chi connectivity index (χ1n) is 0.849. The minimum atomic E-state index is -4.86. The summed E-state index contributed by atoms with van der Waals surface area (Å²) in [6.45, 7) is 0. The van der Waals surface area contributed by atoms with E-state index in [0.29, 0.717) is 0 Å². The van der Waals surface area contributed by atoms with Crippen LogP contribution in [0.1, 0.15) is 0 Å². The van der Waals surface area contributed by atoms with Crippen LogP contribution in [0.25, 0.3) is 0 Å². The standard InChI is InChI=1S/Cu.H2O5S/c;1-5-6(2,3)4/h;1H,(H,2,3,4)/q+1;/p-1. The Hall–Kier alpha value is 0.349. The van der Waals surface area contributed by atoms with Crippen LogP contribution in [0.2, 0.25) is 0 Å². The quantitative estimate of drug-likeness (QED) is 0.181. The SMILES string of the molecule is O=S(=O)([O-])OO.[Cu+]. The smallest absolute Gasteiger partial charge is 0.724 e. The van der Waals surface area contributed by atoms with Crippen molar-refractivity contribution in [1.82, 2.24) is 0 Å². The van der Waals surface area contributed by atoms with E-state index in [1.165, 1.54) is 0 Å². The maximum Gasteiger partial charge on any atom is 1.00 e. The van der Waals surface area contributed by atoms with E-state index in [0.717, 1.165) is 0 Å². The van der Waals surface area contributed by atoms with Crippen LogP contribution in [0.3, 0.4) is 0 Å². The van der Waals surface area contributed by atoms with Crippen LogP contribution in [-0.4, -0.2) is 18.2 Å². The van der Waals surface area contributed by atoms with Crippen molar-refractivity contribution in [3.05, 3.63) is 0 Å². The average Bonchev–Trinajstić information content (AvgIpc) is 1.35. The van der Waals surface area contributed by atoms with Crippen molar-refractivity contribution in [2.75, 3.05) is 0 Å². The van der Waals surface area contributed by atoms with Crippen molar-refractivity contribution in [1.29, 1.82) is 0 Å². The van der Waals surface area contributed by atoms with E-state index in [2.05, 4.69) is 4.33 Å². The monoisotopic (exact) mass is 176 g/mol. The fourth-order valence-electron chi connectivity index (χ4n) is 0. The summed E-state index contributed by atoms with van der Waals surface area (Å²) < 4.78 is 29.3. The van der Waals surface area contributed by atoms with E-state index in [1.807, 2.05) is 0 Å². The molecule has 0 atom stereocenters. The van der Waals surface area contributed by atoms with Crippen molar-refractivity contribution in [2.24, 2.45) is 0 Å². The van der Waals surface area contributed by atoms with Gasteiger partial charge in [0.25, 0.3) is 0 Å². The molecule has 0 aromatic rings. The van der Waals surface area contributed by atoms with E-state index >= 15 is 0 Å². The van der Waals surface area contributed by atoms with Crippen molar-refractivity contribution in [3.8, 4) is 0 Å². The second-order valence-corrected chi connectivity index (χ2v) is 1.45. The third kappa shape index (κ3) is 10.7. The summed E-state index contributed by atoms with van der Waals surface area (Å²) in [5.74, 6) is 0. The van der Waals surface area contributed by atoms with E-state index < -0.39 is 10.4 Å². The third-order valence-electron chi connectivity index (χ3n) is 0.0913. The molecule has 7 heavy (non-hydrogen) atoms. The predicted molar refractivity (Wildman–Crippen MR) is 13.4 cm³/mol. The van der Waals surface area contributed by atoms with Crippen LogP contribution in [0.4, 0.5) is 0 Å². The normalized spacial score (nSPS) is 10.0. The maximum atomic E-state index is 8.97. The third-order valence-corrected chi connectivity index (χ3v) is 0.274. The largest absolute Gasteiger partial charge is 1.00 e. The van der Waals surface area contributed by atoms with E-state index in [1.54, 1.807) is 0 Å². The molecule has 0 spiro atoms. The van der Waals surface area contributed by atoms with Gasteiger partial charge in [-0.2, -0.15) is 0 Å². The molecule has 0 heterocycles. The molecule has 0 amide bonds. The van der Waals surface area contributed by atoms with Gasteiger partial charge in [-0.25, -0.2) is 13.7 Å². The van der Waals surface area contributed by atoms with Crippen molar-refractivity contribution in [2.45, 2.75) is 0 Å². The predicted octanol–water partition coefficient (Wildman–Crippen LogP) is -1.07. The molecular weight excluding hydrogens is 176 g/mol. The van der Waals surface area contributed by atoms with Crippen molar-refractivity contribution < 1.29 is 39.6 Å².